The number of nitrogens with zero attached hydrogens (tertiary/aromatic N) is 2. The zero-order valence-corrected chi connectivity index (χ0v) is 14.4. The van der Waals surface area contributed by atoms with Crippen LogP contribution in [-0.4, -0.2) is 25.8 Å². The van der Waals surface area contributed by atoms with Crippen LogP contribution < -0.4 is 0 Å². The first kappa shape index (κ1) is 16.6. The molecule has 0 aromatic carbocycles. The summed E-state index contributed by atoms with van der Waals surface area (Å²) >= 11 is 4.56. The largest absolute Gasteiger partial charge is 0.252 e. The van der Waals surface area contributed by atoms with Crippen LogP contribution >= 0.6 is 27.3 Å². The minimum absolute atomic E-state index is 0.206. The summed E-state index contributed by atoms with van der Waals surface area (Å²) < 4.78 is 27.7. The normalized spacial score (nSPS) is 12.1. The summed E-state index contributed by atoms with van der Waals surface area (Å²) in [4.78, 5) is 0. The van der Waals surface area contributed by atoms with Gasteiger partial charge in [-0.2, -0.15) is 9.57 Å². The van der Waals surface area contributed by atoms with E-state index in [2.05, 4.69) is 15.9 Å². The van der Waals surface area contributed by atoms with E-state index in [0.717, 1.165) is 9.35 Å². The summed E-state index contributed by atoms with van der Waals surface area (Å²) in [5.41, 5.74) is 0.911. The second-order valence-corrected chi connectivity index (χ2v) is 9.22. The number of thiophene rings is 1. The lowest BCUT2D eigenvalue weighted by atomic mass is 10.2. The van der Waals surface area contributed by atoms with E-state index >= 15 is 0 Å². The first-order valence-electron chi connectivity index (χ1n) is 5.92. The monoisotopic (exact) mass is 364 g/mol. The lowest BCUT2D eigenvalue weighted by Gasteiger charge is -2.22. The van der Waals surface area contributed by atoms with Gasteiger partial charge in [-0.1, -0.05) is 13.8 Å². The van der Waals surface area contributed by atoms with Crippen LogP contribution in [0.25, 0.3) is 0 Å². The van der Waals surface area contributed by atoms with Gasteiger partial charge in [-0.25, -0.2) is 8.42 Å². The highest BCUT2D eigenvalue weighted by Gasteiger charge is 2.27. The minimum atomic E-state index is -3.50. The fourth-order valence-corrected chi connectivity index (χ4v) is 5.56. The van der Waals surface area contributed by atoms with Gasteiger partial charge in [-0.3, -0.25) is 0 Å². The molecule has 0 saturated carbocycles. The molecule has 0 saturated heterocycles. The van der Waals surface area contributed by atoms with Crippen molar-refractivity contribution in [2.45, 2.75) is 31.4 Å². The van der Waals surface area contributed by atoms with E-state index in [-0.39, 0.29) is 18.9 Å². The van der Waals surface area contributed by atoms with Gasteiger partial charge in [0.1, 0.15) is 4.21 Å². The molecule has 0 bridgehead atoms. The quantitative estimate of drug-likeness (QED) is 0.777. The lowest BCUT2D eigenvalue weighted by molar-refractivity contribution is 0.374. The van der Waals surface area contributed by atoms with E-state index < -0.39 is 10.0 Å². The highest BCUT2D eigenvalue weighted by Crippen LogP contribution is 2.32. The zero-order valence-electron chi connectivity index (χ0n) is 11.2. The van der Waals surface area contributed by atoms with Crippen molar-refractivity contribution in [3.05, 3.63) is 15.4 Å². The van der Waals surface area contributed by atoms with Crippen LogP contribution in [0, 0.1) is 24.2 Å². The Morgan fingerprint density at radius 2 is 2.16 bits per heavy atom. The van der Waals surface area contributed by atoms with Gasteiger partial charge >= 0.3 is 0 Å². The minimum Gasteiger partial charge on any atom is -0.206 e. The molecule has 4 nitrogen and oxygen atoms in total. The number of hydrogen-bond acceptors (Lipinski definition) is 4. The van der Waals surface area contributed by atoms with Crippen molar-refractivity contribution in [1.82, 2.24) is 4.31 Å². The third-order valence-corrected chi connectivity index (χ3v) is 6.92. The van der Waals surface area contributed by atoms with Gasteiger partial charge in [0.2, 0.25) is 0 Å². The van der Waals surface area contributed by atoms with Gasteiger partial charge in [0.15, 0.2) is 0 Å². The van der Waals surface area contributed by atoms with Gasteiger partial charge in [-0.15, -0.1) is 11.3 Å². The number of halogens is 1. The van der Waals surface area contributed by atoms with E-state index in [4.69, 9.17) is 5.26 Å². The summed E-state index contributed by atoms with van der Waals surface area (Å²) in [5, 5.41) is 8.66. The number of rotatable bonds is 6. The lowest BCUT2D eigenvalue weighted by Crippen LogP contribution is -2.34. The summed E-state index contributed by atoms with van der Waals surface area (Å²) in [7, 11) is -3.50. The molecule has 106 valence electrons. The molecule has 0 spiro atoms. The Hall–Kier alpha value is -0.420. The predicted octanol–water partition coefficient (Wildman–Crippen LogP) is 3.38. The maximum absolute atomic E-state index is 12.5. The van der Waals surface area contributed by atoms with E-state index in [1.54, 1.807) is 6.07 Å². The molecule has 1 heterocycles. The molecule has 0 aliphatic heterocycles. The molecule has 1 rings (SSSR count). The highest BCUT2D eigenvalue weighted by atomic mass is 79.9. The molecule has 0 atom stereocenters. The van der Waals surface area contributed by atoms with Gasteiger partial charge in [-0.05, 0) is 40.4 Å². The van der Waals surface area contributed by atoms with Crippen LogP contribution in [0.2, 0.25) is 0 Å². The van der Waals surface area contributed by atoms with Crippen LogP contribution in [0.1, 0.15) is 25.8 Å². The van der Waals surface area contributed by atoms with Crippen LogP contribution in [0.3, 0.4) is 0 Å². The Morgan fingerprint density at radius 3 is 2.58 bits per heavy atom. The van der Waals surface area contributed by atoms with Gasteiger partial charge < -0.3 is 0 Å². The first-order valence-corrected chi connectivity index (χ1v) is 8.97. The van der Waals surface area contributed by atoms with Gasteiger partial charge in [0.25, 0.3) is 10.0 Å². The number of aryl methyl sites for hydroxylation is 1. The molecule has 0 N–H and O–H groups in total. The Bertz CT molecular complexity index is 554. The second kappa shape index (κ2) is 6.84. The van der Waals surface area contributed by atoms with Crippen molar-refractivity contribution in [1.29, 1.82) is 5.26 Å². The number of nitriles is 1. The van der Waals surface area contributed by atoms with Crippen LogP contribution in [0.15, 0.2) is 14.1 Å². The summed E-state index contributed by atoms with van der Waals surface area (Å²) in [6.45, 7) is 6.46. The van der Waals surface area contributed by atoms with E-state index in [0.29, 0.717) is 10.8 Å². The topological polar surface area (TPSA) is 61.2 Å². The van der Waals surface area contributed by atoms with Crippen molar-refractivity contribution < 1.29 is 8.42 Å². The average molecular weight is 365 g/mol. The summed E-state index contributed by atoms with van der Waals surface area (Å²) in [5.74, 6) is 0.220. The molecule has 0 amide bonds. The molecule has 0 fully saturated rings. The smallest absolute Gasteiger partial charge is 0.206 e. The van der Waals surface area contributed by atoms with E-state index in [1.807, 2.05) is 26.8 Å². The fourth-order valence-electron chi connectivity index (χ4n) is 1.58. The summed E-state index contributed by atoms with van der Waals surface area (Å²) in [6.07, 6.45) is 0.206. The Labute approximate surface area is 127 Å². The van der Waals surface area contributed by atoms with Crippen molar-refractivity contribution in [2.24, 2.45) is 5.92 Å². The maximum Gasteiger partial charge on any atom is 0.252 e. The third kappa shape index (κ3) is 4.28. The Morgan fingerprint density at radius 1 is 1.53 bits per heavy atom. The van der Waals surface area contributed by atoms with Crippen LogP contribution in [-0.2, 0) is 10.0 Å². The van der Waals surface area contributed by atoms with Gasteiger partial charge in [0.05, 0.1) is 9.86 Å². The molecule has 0 radical (unpaired) electrons. The highest BCUT2D eigenvalue weighted by molar-refractivity contribution is 9.11. The maximum atomic E-state index is 12.5. The van der Waals surface area contributed by atoms with Crippen molar-refractivity contribution in [2.75, 3.05) is 13.1 Å². The zero-order chi connectivity index (χ0) is 14.6. The predicted molar refractivity (Wildman–Crippen MR) is 80.6 cm³/mol. The first-order chi connectivity index (χ1) is 8.78. The molecular weight excluding hydrogens is 348 g/mol. The molecule has 0 aliphatic rings. The average Bonchev–Trinajstić information content (AvgIpc) is 2.65. The molecule has 0 unspecified atom stereocenters. The molecule has 0 aliphatic carbocycles. The number of sulfonamides is 1. The summed E-state index contributed by atoms with van der Waals surface area (Å²) in [6, 6.07) is 3.67. The molecule has 7 heteroatoms. The Balaban J connectivity index is 3.08. The van der Waals surface area contributed by atoms with Crippen molar-refractivity contribution in [3.8, 4) is 6.07 Å². The van der Waals surface area contributed by atoms with Crippen LogP contribution in [0.5, 0.6) is 0 Å². The second-order valence-electron chi connectivity index (χ2n) is 4.69. The third-order valence-electron chi connectivity index (χ3n) is 2.47. The van der Waals surface area contributed by atoms with Crippen molar-refractivity contribution in [3.63, 3.8) is 0 Å². The molecular formula is C12H17BrN2O2S2. The number of hydrogen-bond donors (Lipinski definition) is 0. The molecule has 19 heavy (non-hydrogen) atoms. The molecule has 1 aromatic heterocycles. The van der Waals surface area contributed by atoms with Crippen molar-refractivity contribution >= 4 is 37.3 Å². The molecule has 1 aromatic rings. The van der Waals surface area contributed by atoms with E-state index in [9.17, 15) is 8.42 Å². The fraction of sp³-hybridized carbons (Fsp3) is 0.583. The standard InChI is InChI=1S/C12H17BrN2O2S2/c1-9(2)8-15(6-4-5-14)19(16,17)11-7-10(3)12(13)18-11/h7,9H,4,6,8H2,1-3H3. The van der Waals surface area contributed by atoms with E-state index in [1.165, 1.54) is 15.6 Å². The van der Waals surface area contributed by atoms with Gasteiger partial charge in [0, 0.05) is 19.5 Å². The Kier molecular flexibility index (Phi) is 5.99. The van der Waals surface area contributed by atoms with Crippen LogP contribution in [0.4, 0.5) is 0 Å². The SMILES string of the molecule is Cc1cc(S(=O)(=O)N(CCC#N)CC(C)C)sc1Br.